The first-order chi connectivity index (χ1) is 9.20. The van der Waals surface area contributed by atoms with Crippen LogP contribution in [0.25, 0.3) is 0 Å². The van der Waals surface area contributed by atoms with Gasteiger partial charge in [-0.1, -0.05) is 50.8 Å². The molecule has 0 fully saturated rings. The Morgan fingerprint density at radius 2 is 2.11 bits per heavy atom. The summed E-state index contributed by atoms with van der Waals surface area (Å²) in [7, 11) is 0. The second kappa shape index (κ2) is 6.09. The number of hydrogen-bond donors (Lipinski definition) is 1. The van der Waals surface area contributed by atoms with Gasteiger partial charge in [0.1, 0.15) is 5.75 Å². The smallest absolute Gasteiger partial charge is 0.314 e. The average molecular weight is 262 g/mol. The fourth-order valence-corrected chi connectivity index (χ4v) is 2.90. The summed E-state index contributed by atoms with van der Waals surface area (Å²) in [4.78, 5) is 11.8. The number of carboxylic acids is 1. The van der Waals surface area contributed by atoms with E-state index in [1.54, 1.807) is 0 Å². The van der Waals surface area contributed by atoms with Crippen molar-refractivity contribution in [1.29, 1.82) is 0 Å². The Morgan fingerprint density at radius 3 is 2.84 bits per heavy atom. The molecule has 0 bridgehead atoms. The van der Waals surface area contributed by atoms with Crippen LogP contribution in [0, 0.1) is 0 Å². The molecule has 1 aliphatic heterocycles. The molecule has 1 atom stereocenters. The molecular weight excluding hydrogens is 240 g/mol. The number of aliphatic carboxylic acids is 1. The van der Waals surface area contributed by atoms with E-state index in [0.29, 0.717) is 19.4 Å². The van der Waals surface area contributed by atoms with Gasteiger partial charge in [0, 0.05) is 12.0 Å². The van der Waals surface area contributed by atoms with Gasteiger partial charge >= 0.3 is 5.97 Å². The normalized spacial score (nSPS) is 21.5. The van der Waals surface area contributed by atoms with Crippen molar-refractivity contribution in [2.24, 2.45) is 0 Å². The average Bonchev–Trinajstić information content (AvgIpc) is 2.43. The third kappa shape index (κ3) is 2.75. The Kier molecular flexibility index (Phi) is 4.46. The van der Waals surface area contributed by atoms with Crippen LogP contribution in [0.15, 0.2) is 24.3 Å². The minimum atomic E-state index is -0.747. The van der Waals surface area contributed by atoms with Crippen molar-refractivity contribution in [3.05, 3.63) is 29.8 Å². The maximum absolute atomic E-state index is 11.8. The van der Waals surface area contributed by atoms with Crippen LogP contribution in [-0.2, 0) is 10.2 Å². The predicted molar refractivity (Wildman–Crippen MR) is 74.6 cm³/mol. The van der Waals surface area contributed by atoms with E-state index in [1.807, 2.05) is 24.3 Å². The number of unbranched alkanes of at least 4 members (excludes halogenated alkanes) is 3. The quantitative estimate of drug-likeness (QED) is 0.794. The van der Waals surface area contributed by atoms with Crippen molar-refractivity contribution < 1.29 is 14.6 Å². The lowest BCUT2D eigenvalue weighted by molar-refractivity contribution is -0.145. The molecule has 104 valence electrons. The highest BCUT2D eigenvalue weighted by molar-refractivity contribution is 5.83. The summed E-state index contributed by atoms with van der Waals surface area (Å²) in [6, 6.07) is 7.58. The van der Waals surface area contributed by atoms with Gasteiger partial charge in [0.25, 0.3) is 0 Å². The van der Waals surface area contributed by atoms with Crippen LogP contribution in [0.4, 0.5) is 0 Å². The topological polar surface area (TPSA) is 46.5 Å². The molecule has 0 spiro atoms. The largest absolute Gasteiger partial charge is 0.493 e. The molecule has 0 saturated carbocycles. The number of carbonyl (C=O) groups is 1. The molecule has 19 heavy (non-hydrogen) atoms. The van der Waals surface area contributed by atoms with Crippen LogP contribution in [0.5, 0.6) is 5.75 Å². The lowest BCUT2D eigenvalue weighted by Gasteiger charge is -2.35. The maximum atomic E-state index is 11.8. The summed E-state index contributed by atoms with van der Waals surface area (Å²) >= 11 is 0. The highest BCUT2D eigenvalue weighted by Crippen LogP contribution is 2.42. The van der Waals surface area contributed by atoms with Crippen LogP contribution < -0.4 is 4.74 Å². The summed E-state index contributed by atoms with van der Waals surface area (Å²) in [5.74, 6) is 0.0337. The number of fused-ring (bicyclic) bond motifs is 1. The zero-order valence-corrected chi connectivity index (χ0v) is 11.5. The number of carboxylic acid groups (broad SMARTS) is 1. The molecule has 1 heterocycles. The highest BCUT2D eigenvalue weighted by Gasteiger charge is 2.43. The van der Waals surface area contributed by atoms with E-state index in [9.17, 15) is 9.90 Å². The molecule has 2 rings (SSSR count). The van der Waals surface area contributed by atoms with Crippen LogP contribution in [-0.4, -0.2) is 17.7 Å². The van der Waals surface area contributed by atoms with Crippen molar-refractivity contribution >= 4 is 5.97 Å². The molecule has 0 saturated heterocycles. The molecule has 1 aromatic rings. The number of benzene rings is 1. The van der Waals surface area contributed by atoms with Crippen LogP contribution in [0.3, 0.4) is 0 Å². The molecule has 1 aliphatic rings. The first-order valence-electron chi connectivity index (χ1n) is 7.16. The van der Waals surface area contributed by atoms with Gasteiger partial charge in [-0.05, 0) is 12.5 Å². The molecule has 0 aromatic heterocycles. The minimum absolute atomic E-state index is 0.497. The van der Waals surface area contributed by atoms with Crippen LogP contribution in [0.2, 0.25) is 0 Å². The summed E-state index contributed by atoms with van der Waals surface area (Å²) in [5, 5.41) is 9.74. The van der Waals surface area contributed by atoms with E-state index in [-0.39, 0.29) is 0 Å². The molecule has 1 unspecified atom stereocenters. The Hall–Kier alpha value is -1.51. The van der Waals surface area contributed by atoms with Gasteiger partial charge < -0.3 is 9.84 Å². The number of rotatable bonds is 6. The molecule has 0 aliphatic carbocycles. The van der Waals surface area contributed by atoms with E-state index in [0.717, 1.165) is 24.2 Å². The van der Waals surface area contributed by atoms with Crippen molar-refractivity contribution in [2.75, 3.05) is 6.61 Å². The fourth-order valence-electron chi connectivity index (χ4n) is 2.90. The molecule has 3 heteroatoms. The van der Waals surface area contributed by atoms with Gasteiger partial charge in [-0.3, -0.25) is 4.79 Å². The molecule has 3 nitrogen and oxygen atoms in total. The zero-order valence-electron chi connectivity index (χ0n) is 11.5. The first kappa shape index (κ1) is 13.9. The van der Waals surface area contributed by atoms with Gasteiger partial charge in [0.05, 0.1) is 12.0 Å². The van der Waals surface area contributed by atoms with Crippen molar-refractivity contribution in [1.82, 2.24) is 0 Å². The van der Waals surface area contributed by atoms with Gasteiger partial charge in [-0.2, -0.15) is 0 Å². The van der Waals surface area contributed by atoms with Gasteiger partial charge in [0.15, 0.2) is 0 Å². The van der Waals surface area contributed by atoms with Gasteiger partial charge in [-0.15, -0.1) is 0 Å². The zero-order chi connectivity index (χ0) is 13.7. The SMILES string of the molecule is CCCCCCC1(C(=O)O)CCOc2ccccc21. The lowest BCUT2D eigenvalue weighted by Crippen LogP contribution is -2.40. The number of hydrogen-bond acceptors (Lipinski definition) is 2. The summed E-state index contributed by atoms with van der Waals surface area (Å²) < 4.78 is 5.59. The lowest BCUT2D eigenvalue weighted by atomic mass is 9.72. The van der Waals surface area contributed by atoms with E-state index < -0.39 is 11.4 Å². The summed E-state index contributed by atoms with van der Waals surface area (Å²) in [5.41, 5.74) is 0.105. The van der Waals surface area contributed by atoms with Crippen molar-refractivity contribution in [3.63, 3.8) is 0 Å². The first-order valence-corrected chi connectivity index (χ1v) is 7.16. The molecule has 0 amide bonds. The second-order valence-corrected chi connectivity index (χ2v) is 5.29. The van der Waals surface area contributed by atoms with Crippen molar-refractivity contribution in [3.8, 4) is 5.75 Å². The van der Waals surface area contributed by atoms with Crippen molar-refractivity contribution in [2.45, 2.75) is 50.9 Å². The Bertz CT molecular complexity index is 441. The van der Waals surface area contributed by atoms with Crippen LogP contribution in [0.1, 0.15) is 51.0 Å². The Balaban J connectivity index is 2.23. The predicted octanol–water partition coefficient (Wildman–Crippen LogP) is 3.76. The van der Waals surface area contributed by atoms with E-state index in [4.69, 9.17) is 4.74 Å². The second-order valence-electron chi connectivity index (χ2n) is 5.29. The minimum Gasteiger partial charge on any atom is -0.493 e. The van der Waals surface area contributed by atoms with E-state index >= 15 is 0 Å². The van der Waals surface area contributed by atoms with E-state index in [2.05, 4.69) is 6.92 Å². The standard InChI is InChI=1S/C16H22O3/c1-2-3-4-7-10-16(15(17)18)11-12-19-14-9-6-5-8-13(14)16/h5-6,8-9H,2-4,7,10-12H2,1H3,(H,17,18). The molecule has 0 radical (unpaired) electrons. The summed E-state index contributed by atoms with van der Waals surface area (Å²) in [6.45, 7) is 2.66. The van der Waals surface area contributed by atoms with E-state index in [1.165, 1.54) is 12.8 Å². The number of ether oxygens (including phenoxy) is 1. The maximum Gasteiger partial charge on any atom is 0.314 e. The monoisotopic (exact) mass is 262 g/mol. The third-order valence-corrected chi connectivity index (χ3v) is 4.06. The Labute approximate surface area is 114 Å². The van der Waals surface area contributed by atoms with Gasteiger partial charge in [-0.25, -0.2) is 0 Å². The molecule has 1 aromatic carbocycles. The molecular formula is C16H22O3. The highest BCUT2D eigenvalue weighted by atomic mass is 16.5. The van der Waals surface area contributed by atoms with Gasteiger partial charge in [0.2, 0.25) is 0 Å². The fraction of sp³-hybridized carbons (Fsp3) is 0.562. The number of para-hydroxylation sites is 1. The van der Waals surface area contributed by atoms with Crippen LogP contribution >= 0.6 is 0 Å². The molecule has 1 N–H and O–H groups in total. The third-order valence-electron chi connectivity index (χ3n) is 4.06. The Morgan fingerprint density at radius 1 is 1.32 bits per heavy atom. The summed E-state index contributed by atoms with van der Waals surface area (Å²) in [6.07, 6.45) is 5.70.